The molecular formula is C18H16ClN3S. The molecule has 1 aliphatic rings. The molecule has 0 N–H and O–H groups in total. The maximum Gasteiger partial charge on any atom is 0.159 e. The van der Waals surface area contributed by atoms with Gasteiger partial charge in [0.2, 0.25) is 0 Å². The second-order valence-corrected chi connectivity index (χ2v) is 6.98. The molecule has 0 bridgehead atoms. The summed E-state index contributed by atoms with van der Waals surface area (Å²) >= 11 is 7.71. The molecule has 1 aliphatic heterocycles. The molecule has 0 radical (unpaired) electrons. The van der Waals surface area contributed by atoms with Gasteiger partial charge in [-0.3, -0.25) is 4.90 Å². The fraction of sp³-hybridized carbons (Fsp3) is 0.222. The van der Waals surface area contributed by atoms with Crippen LogP contribution in [-0.2, 0) is 19.5 Å². The van der Waals surface area contributed by atoms with Gasteiger partial charge in [-0.05, 0) is 58.6 Å². The number of aromatic nitrogens is 2. The number of hydrogen-bond donors (Lipinski definition) is 0. The number of hydrogen-bond acceptors (Lipinski definition) is 4. The minimum Gasteiger partial charge on any atom is -0.293 e. The average Bonchev–Trinajstić information content (AvgIpc) is 3.08. The molecule has 5 heteroatoms. The van der Waals surface area contributed by atoms with Crippen LogP contribution >= 0.6 is 22.9 Å². The number of halogens is 1. The Labute approximate surface area is 144 Å². The molecular weight excluding hydrogens is 326 g/mol. The van der Waals surface area contributed by atoms with Crippen LogP contribution in [0.5, 0.6) is 0 Å². The lowest BCUT2D eigenvalue weighted by Crippen LogP contribution is -2.30. The fourth-order valence-corrected chi connectivity index (χ4v) is 3.66. The van der Waals surface area contributed by atoms with Gasteiger partial charge in [0.25, 0.3) is 0 Å². The molecule has 116 valence electrons. The first-order chi connectivity index (χ1) is 11.3. The Morgan fingerprint density at radius 2 is 2.04 bits per heavy atom. The Bertz CT molecular complexity index is 800. The van der Waals surface area contributed by atoms with E-state index in [-0.39, 0.29) is 0 Å². The fourth-order valence-electron chi connectivity index (χ4n) is 2.87. The van der Waals surface area contributed by atoms with Crippen molar-refractivity contribution >= 4 is 22.9 Å². The lowest BCUT2D eigenvalue weighted by Gasteiger charge is -2.27. The van der Waals surface area contributed by atoms with Crippen molar-refractivity contribution in [3.8, 4) is 11.4 Å². The van der Waals surface area contributed by atoms with Gasteiger partial charge in [-0.2, -0.15) is 11.3 Å². The first kappa shape index (κ1) is 14.8. The molecule has 0 spiro atoms. The summed E-state index contributed by atoms with van der Waals surface area (Å²) in [5, 5.41) is 5.08. The lowest BCUT2D eigenvalue weighted by atomic mass is 10.1. The molecule has 0 atom stereocenters. The zero-order chi connectivity index (χ0) is 15.6. The first-order valence-electron chi connectivity index (χ1n) is 7.62. The van der Waals surface area contributed by atoms with Crippen LogP contribution in [0.4, 0.5) is 0 Å². The highest BCUT2D eigenvalue weighted by Gasteiger charge is 2.19. The molecule has 0 unspecified atom stereocenters. The van der Waals surface area contributed by atoms with Crippen LogP contribution in [0.15, 0.2) is 47.3 Å². The molecule has 0 saturated carbocycles. The van der Waals surface area contributed by atoms with Crippen molar-refractivity contribution in [1.29, 1.82) is 0 Å². The molecule has 3 aromatic rings. The molecule has 0 fully saturated rings. The van der Waals surface area contributed by atoms with Gasteiger partial charge in [0.05, 0.1) is 5.69 Å². The van der Waals surface area contributed by atoms with Crippen LogP contribution < -0.4 is 0 Å². The molecule has 2 aromatic heterocycles. The van der Waals surface area contributed by atoms with E-state index in [0.717, 1.165) is 48.2 Å². The highest BCUT2D eigenvalue weighted by molar-refractivity contribution is 7.07. The largest absolute Gasteiger partial charge is 0.293 e. The van der Waals surface area contributed by atoms with Gasteiger partial charge in [-0.1, -0.05) is 11.6 Å². The molecule has 0 amide bonds. The van der Waals surface area contributed by atoms with Crippen molar-refractivity contribution in [2.75, 3.05) is 6.54 Å². The van der Waals surface area contributed by atoms with Crippen LogP contribution in [0.3, 0.4) is 0 Å². The quantitative estimate of drug-likeness (QED) is 0.706. The monoisotopic (exact) mass is 341 g/mol. The van der Waals surface area contributed by atoms with Gasteiger partial charge < -0.3 is 0 Å². The van der Waals surface area contributed by atoms with Crippen LogP contribution in [0.25, 0.3) is 11.4 Å². The van der Waals surface area contributed by atoms with E-state index in [1.165, 1.54) is 11.1 Å². The normalized spacial score (nSPS) is 14.7. The van der Waals surface area contributed by atoms with Gasteiger partial charge in [0, 0.05) is 36.4 Å². The zero-order valence-corrected chi connectivity index (χ0v) is 14.1. The Morgan fingerprint density at radius 3 is 2.83 bits per heavy atom. The number of thiophene rings is 1. The van der Waals surface area contributed by atoms with Gasteiger partial charge in [-0.15, -0.1) is 0 Å². The highest BCUT2D eigenvalue weighted by atomic mass is 35.5. The van der Waals surface area contributed by atoms with Crippen LogP contribution in [0, 0.1) is 0 Å². The smallest absolute Gasteiger partial charge is 0.159 e. The molecule has 1 aromatic carbocycles. The van der Waals surface area contributed by atoms with E-state index in [0.29, 0.717) is 0 Å². The molecule has 23 heavy (non-hydrogen) atoms. The summed E-state index contributed by atoms with van der Waals surface area (Å²) in [6.45, 7) is 2.93. The Kier molecular flexibility index (Phi) is 4.12. The summed E-state index contributed by atoms with van der Waals surface area (Å²) in [5.41, 5.74) is 4.80. The van der Waals surface area contributed by atoms with Crippen LogP contribution in [0.2, 0.25) is 5.02 Å². The van der Waals surface area contributed by atoms with E-state index in [1.54, 1.807) is 11.3 Å². The third-order valence-corrected chi connectivity index (χ3v) is 5.10. The van der Waals surface area contributed by atoms with Gasteiger partial charge in [0.15, 0.2) is 5.82 Å². The SMILES string of the molecule is Clc1ccc(-c2ncc3c(n2)CN(Cc2ccsc2)CC3)cc1. The summed E-state index contributed by atoms with van der Waals surface area (Å²) < 4.78 is 0. The highest BCUT2D eigenvalue weighted by Crippen LogP contribution is 2.23. The summed E-state index contributed by atoms with van der Waals surface area (Å²) in [7, 11) is 0. The van der Waals surface area contributed by atoms with Crippen LogP contribution in [0.1, 0.15) is 16.8 Å². The number of benzene rings is 1. The van der Waals surface area contributed by atoms with E-state index in [2.05, 4.69) is 26.7 Å². The third kappa shape index (κ3) is 3.29. The van der Waals surface area contributed by atoms with Gasteiger partial charge in [0.1, 0.15) is 0 Å². The van der Waals surface area contributed by atoms with E-state index in [1.807, 2.05) is 30.5 Å². The third-order valence-electron chi connectivity index (χ3n) is 4.11. The number of nitrogens with zero attached hydrogens (tertiary/aromatic N) is 3. The Morgan fingerprint density at radius 1 is 1.17 bits per heavy atom. The summed E-state index contributed by atoms with van der Waals surface area (Å²) in [5.74, 6) is 0.776. The van der Waals surface area contributed by atoms with E-state index in [4.69, 9.17) is 16.6 Å². The maximum atomic E-state index is 5.95. The van der Waals surface area contributed by atoms with Gasteiger partial charge in [-0.25, -0.2) is 9.97 Å². The Hall–Kier alpha value is -1.75. The van der Waals surface area contributed by atoms with E-state index in [9.17, 15) is 0 Å². The molecule has 0 saturated heterocycles. The summed E-state index contributed by atoms with van der Waals surface area (Å²) in [6, 6.07) is 9.89. The number of rotatable bonds is 3. The topological polar surface area (TPSA) is 29.0 Å². The molecule has 3 nitrogen and oxygen atoms in total. The van der Waals surface area contributed by atoms with E-state index >= 15 is 0 Å². The van der Waals surface area contributed by atoms with Crippen molar-refractivity contribution in [2.24, 2.45) is 0 Å². The zero-order valence-electron chi connectivity index (χ0n) is 12.6. The Balaban J connectivity index is 1.57. The predicted molar refractivity (Wildman–Crippen MR) is 94.6 cm³/mol. The number of fused-ring (bicyclic) bond motifs is 1. The minimum atomic E-state index is 0.730. The van der Waals surface area contributed by atoms with Crippen molar-refractivity contribution in [1.82, 2.24) is 14.9 Å². The van der Waals surface area contributed by atoms with E-state index < -0.39 is 0 Å². The van der Waals surface area contributed by atoms with Crippen molar-refractivity contribution < 1.29 is 0 Å². The van der Waals surface area contributed by atoms with Gasteiger partial charge >= 0.3 is 0 Å². The van der Waals surface area contributed by atoms with Crippen LogP contribution in [-0.4, -0.2) is 21.4 Å². The van der Waals surface area contributed by atoms with Crippen molar-refractivity contribution in [2.45, 2.75) is 19.5 Å². The molecule has 0 aliphatic carbocycles. The maximum absolute atomic E-state index is 5.95. The lowest BCUT2D eigenvalue weighted by molar-refractivity contribution is 0.241. The standard InChI is InChI=1S/C18H16ClN3S/c19-16-3-1-14(2-4-16)18-20-9-15-5-7-22(11-17(15)21-18)10-13-6-8-23-12-13/h1-4,6,8-9,12H,5,7,10-11H2. The van der Waals surface area contributed by atoms with Crippen molar-refractivity contribution in [3.05, 3.63) is 69.1 Å². The minimum absolute atomic E-state index is 0.730. The van der Waals surface area contributed by atoms with Crippen molar-refractivity contribution in [3.63, 3.8) is 0 Å². The summed E-state index contributed by atoms with van der Waals surface area (Å²) in [4.78, 5) is 11.8. The second-order valence-electron chi connectivity index (χ2n) is 5.76. The summed E-state index contributed by atoms with van der Waals surface area (Å²) in [6.07, 6.45) is 2.99. The first-order valence-corrected chi connectivity index (χ1v) is 8.94. The predicted octanol–water partition coefficient (Wildman–Crippen LogP) is 4.42. The molecule has 4 rings (SSSR count). The molecule has 3 heterocycles. The average molecular weight is 342 g/mol. The second kappa shape index (κ2) is 6.40.